The molecule has 18 heavy (non-hydrogen) atoms. The lowest BCUT2D eigenvalue weighted by molar-refractivity contribution is 0.268. The second kappa shape index (κ2) is 5.63. The SMILES string of the molecule is CC1CCCC(C)C1Nc1ccc(C#N)c(Cl)c1. The smallest absolute Gasteiger partial charge is 0.101 e. The van der Waals surface area contributed by atoms with E-state index in [4.69, 9.17) is 16.9 Å². The molecular formula is C15H19ClN2. The average molecular weight is 263 g/mol. The molecule has 0 spiro atoms. The number of anilines is 1. The topological polar surface area (TPSA) is 35.8 Å². The van der Waals surface area contributed by atoms with Crippen molar-refractivity contribution in [2.24, 2.45) is 11.8 Å². The molecule has 1 aliphatic carbocycles. The van der Waals surface area contributed by atoms with E-state index in [0.29, 0.717) is 28.5 Å². The van der Waals surface area contributed by atoms with Gasteiger partial charge in [0, 0.05) is 11.7 Å². The Bertz CT molecular complexity index is 454. The summed E-state index contributed by atoms with van der Waals surface area (Å²) >= 11 is 6.06. The quantitative estimate of drug-likeness (QED) is 0.855. The van der Waals surface area contributed by atoms with E-state index in [1.165, 1.54) is 19.3 Å². The van der Waals surface area contributed by atoms with E-state index in [9.17, 15) is 0 Å². The molecule has 2 rings (SSSR count). The fraction of sp³-hybridized carbons (Fsp3) is 0.533. The van der Waals surface area contributed by atoms with Crippen LogP contribution in [0, 0.1) is 23.2 Å². The van der Waals surface area contributed by atoms with Crippen molar-refractivity contribution in [2.75, 3.05) is 5.32 Å². The summed E-state index contributed by atoms with van der Waals surface area (Å²) in [7, 11) is 0. The molecule has 0 radical (unpaired) electrons. The van der Waals surface area contributed by atoms with E-state index in [1.54, 1.807) is 6.07 Å². The summed E-state index contributed by atoms with van der Waals surface area (Å²) in [5, 5.41) is 13.0. The van der Waals surface area contributed by atoms with Crippen molar-refractivity contribution in [3.63, 3.8) is 0 Å². The van der Waals surface area contributed by atoms with Gasteiger partial charge in [-0.1, -0.05) is 31.9 Å². The van der Waals surface area contributed by atoms with Crippen molar-refractivity contribution in [3.8, 4) is 6.07 Å². The molecule has 0 amide bonds. The third-order valence-corrected chi connectivity index (χ3v) is 4.28. The normalized spacial score (nSPS) is 27.6. The highest BCUT2D eigenvalue weighted by Gasteiger charge is 2.27. The van der Waals surface area contributed by atoms with E-state index in [0.717, 1.165) is 5.69 Å². The molecule has 96 valence electrons. The first kappa shape index (κ1) is 13.2. The van der Waals surface area contributed by atoms with Gasteiger partial charge in [0.15, 0.2) is 0 Å². The third kappa shape index (κ3) is 2.79. The van der Waals surface area contributed by atoms with Gasteiger partial charge >= 0.3 is 0 Å². The molecule has 1 fully saturated rings. The number of halogens is 1. The summed E-state index contributed by atoms with van der Waals surface area (Å²) in [6, 6.07) is 8.17. The zero-order chi connectivity index (χ0) is 13.1. The van der Waals surface area contributed by atoms with Crippen LogP contribution in [-0.4, -0.2) is 6.04 Å². The van der Waals surface area contributed by atoms with Crippen LogP contribution in [0.1, 0.15) is 38.7 Å². The van der Waals surface area contributed by atoms with Gasteiger partial charge in [-0.25, -0.2) is 0 Å². The Kier molecular flexibility index (Phi) is 4.14. The molecule has 2 nitrogen and oxygen atoms in total. The van der Waals surface area contributed by atoms with Gasteiger partial charge in [0.1, 0.15) is 6.07 Å². The Morgan fingerprint density at radius 2 is 1.94 bits per heavy atom. The van der Waals surface area contributed by atoms with Crippen LogP contribution in [0.25, 0.3) is 0 Å². The van der Waals surface area contributed by atoms with Crippen LogP contribution >= 0.6 is 11.6 Å². The highest BCUT2D eigenvalue weighted by Crippen LogP contribution is 2.32. The summed E-state index contributed by atoms with van der Waals surface area (Å²) in [5.74, 6) is 1.37. The number of hydrogen-bond donors (Lipinski definition) is 1. The lowest BCUT2D eigenvalue weighted by atomic mass is 9.78. The molecule has 0 saturated heterocycles. The molecule has 1 aliphatic rings. The van der Waals surface area contributed by atoms with Crippen molar-refractivity contribution in [2.45, 2.75) is 39.2 Å². The third-order valence-electron chi connectivity index (χ3n) is 3.97. The average Bonchev–Trinajstić information content (AvgIpc) is 2.34. The number of nitrogens with zero attached hydrogens (tertiary/aromatic N) is 1. The van der Waals surface area contributed by atoms with Crippen LogP contribution in [0.3, 0.4) is 0 Å². The van der Waals surface area contributed by atoms with Gasteiger partial charge in [0.25, 0.3) is 0 Å². The summed E-state index contributed by atoms with van der Waals surface area (Å²) in [6.07, 6.45) is 3.90. The Balaban J connectivity index is 2.13. The number of benzene rings is 1. The Hall–Kier alpha value is -1.20. The molecule has 1 aromatic carbocycles. The molecule has 0 aromatic heterocycles. The minimum Gasteiger partial charge on any atom is -0.382 e. The lowest BCUT2D eigenvalue weighted by Gasteiger charge is -2.36. The van der Waals surface area contributed by atoms with Gasteiger partial charge in [-0.2, -0.15) is 5.26 Å². The molecule has 1 aromatic rings. The molecule has 0 aliphatic heterocycles. The summed E-state index contributed by atoms with van der Waals surface area (Å²) in [4.78, 5) is 0. The van der Waals surface area contributed by atoms with Gasteiger partial charge in [-0.3, -0.25) is 0 Å². The van der Waals surface area contributed by atoms with E-state index in [1.807, 2.05) is 12.1 Å². The van der Waals surface area contributed by atoms with E-state index >= 15 is 0 Å². The van der Waals surface area contributed by atoms with Gasteiger partial charge in [0.2, 0.25) is 0 Å². The largest absolute Gasteiger partial charge is 0.382 e. The van der Waals surface area contributed by atoms with Crippen LogP contribution < -0.4 is 5.32 Å². The van der Waals surface area contributed by atoms with Gasteiger partial charge in [-0.05, 0) is 42.9 Å². The van der Waals surface area contributed by atoms with Gasteiger partial charge in [0.05, 0.1) is 10.6 Å². The van der Waals surface area contributed by atoms with Crippen LogP contribution in [0.2, 0.25) is 5.02 Å². The maximum Gasteiger partial charge on any atom is 0.101 e. The van der Waals surface area contributed by atoms with Gasteiger partial charge in [-0.15, -0.1) is 0 Å². The molecular weight excluding hydrogens is 244 g/mol. The number of nitriles is 1. The second-order valence-electron chi connectivity index (χ2n) is 5.36. The predicted octanol–water partition coefficient (Wildman–Crippen LogP) is 4.45. The zero-order valence-corrected chi connectivity index (χ0v) is 11.7. The standard InChI is InChI=1S/C15H19ClN2/c1-10-4-3-5-11(2)15(10)18-13-7-6-12(9-17)14(16)8-13/h6-8,10-11,15,18H,3-5H2,1-2H3. The van der Waals surface area contributed by atoms with Crippen LogP contribution in [0.4, 0.5) is 5.69 Å². The molecule has 0 bridgehead atoms. The van der Waals surface area contributed by atoms with Crippen molar-refractivity contribution >= 4 is 17.3 Å². The predicted molar refractivity (Wildman–Crippen MR) is 75.8 cm³/mol. The monoisotopic (exact) mass is 262 g/mol. The first-order valence-electron chi connectivity index (χ1n) is 6.58. The maximum atomic E-state index is 8.86. The highest BCUT2D eigenvalue weighted by molar-refractivity contribution is 6.32. The van der Waals surface area contributed by atoms with Crippen LogP contribution in [-0.2, 0) is 0 Å². The molecule has 1 N–H and O–H groups in total. The van der Waals surface area contributed by atoms with Crippen molar-refractivity contribution in [1.82, 2.24) is 0 Å². The fourth-order valence-corrected chi connectivity index (χ4v) is 3.08. The minimum atomic E-state index is 0.503. The summed E-state index contributed by atoms with van der Waals surface area (Å²) < 4.78 is 0. The first-order chi connectivity index (χ1) is 8.61. The second-order valence-corrected chi connectivity index (χ2v) is 5.77. The van der Waals surface area contributed by atoms with Crippen molar-refractivity contribution in [1.29, 1.82) is 5.26 Å². The lowest BCUT2D eigenvalue weighted by Crippen LogP contribution is -2.37. The van der Waals surface area contributed by atoms with Crippen molar-refractivity contribution in [3.05, 3.63) is 28.8 Å². The number of hydrogen-bond acceptors (Lipinski definition) is 2. The summed E-state index contributed by atoms with van der Waals surface area (Å²) in [6.45, 7) is 4.61. The Morgan fingerprint density at radius 3 is 2.50 bits per heavy atom. The Labute approximate surface area is 114 Å². The fourth-order valence-electron chi connectivity index (χ4n) is 2.85. The minimum absolute atomic E-state index is 0.503. The van der Waals surface area contributed by atoms with Gasteiger partial charge < -0.3 is 5.32 Å². The molecule has 0 heterocycles. The van der Waals surface area contributed by atoms with E-state index < -0.39 is 0 Å². The Morgan fingerprint density at radius 1 is 1.28 bits per heavy atom. The van der Waals surface area contributed by atoms with Crippen molar-refractivity contribution < 1.29 is 0 Å². The number of nitrogens with one attached hydrogen (secondary N) is 1. The van der Waals surface area contributed by atoms with Crippen LogP contribution in [0.15, 0.2) is 18.2 Å². The van der Waals surface area contributed by atoms with Crippen LogP contribution in [0.5, 0.6) is 0 Å². The molecule has 3 heteroatoms. The van der Waals surface area contributed by atoms with E-state index in [2.05, 4.69) is 25.2 Å². The van der Waals surface area contributed by atoms with E-state index in [-0.39, 0.29) is 0 Å². The molecule has 1 saturated carbocycles. The molecule has 2 unspecified atom stereocenters. The molecule has 2 atom stereocenters. The first-order valence-corrected chi connectivity index (χ1v) is 6.96. The summed E-state index contributed by atoms with van der Waals surface area (Å²) in [5.41, 5.74) is 1.55. The maximum absolute atomic E-state index is 8.86. The number of rotatable bonds is 2. The highest BCUT2D eigenvalue weighted by atomic mass is 35.5. The zero-order valence-electron chi connectivity index (χ0n) is 10.9.